The maximum absolute atomic E-state index is 11.6. The molecule has 0 saturated carbocycles. The van der Waals surface area contributed by atoms with Gasteiger partial charge in [-0.2, -0.15) is 5.10 Å². The summed E-state index contributed by atoms with van der Waals surface area (Å²) in [6.45, 7) is 0.424. The molecule has 0 spiro atoms. The number of hydrogen-bond donors (Lipinski definition) is 2. The van der Waals surface area contributed by atoms with Crippen molar-refractivity contribution in [3.05, 3.63) is 54.2 Å². The lowest BCUT2D eigenvalue weighted by Gasteiger charge is -1.97. The number of H-pyrrole nitrogens is 1. The van der Waals surface area contributed by atoms with Crippen molar-refractivity contribution in [1.29, 1.82) is 0 Å². The van der Waals surface area contributed by atoms with Gasteiger partial charge in [0.05, 0.1) is 6.20 Å². The monoisotopic (exact) mass is 268 g/mol. The third-order valence-corrected chi connectivity index (χ3v) is 2.71. The van der Waals surface area contributed by atoms with Gasteiger partial charge in [0.15, 0.2) is 5.58 Å². The topological polar surface area (TPSA) is 83.8 Å². The first kappa shape index (κ1) is 12.2. The van der Waals surface area contributed by atoms with Crippen LogP contribution in [0.15, 0.2) is 47.2 Å². The number of hydrogen-bond acceptors (Lipinski definition) is 4. The zero-order chi connectivity index (χ0) is 13.8. The normalized spacial score (nSPS) is 11.2. The van der Waals surface area contributed by atoms with Crippen molar-refractivity contribution in [3.8, 4) is 0 Å². The van der Waals surface area contributed by atoms with E-state index in [0.29, 0.717) is 18.0 Å². The second kappa shape index (κ2) is 5.40. The summed E-state index contributed by atoms with van der Waals surface area (Å²) >= 11 is 0. The van der Waals surface area contributed by atoms with E-state index in [4.69, 9.17) is 4.42 Å². The largest absolute Gasteiger partial charge is 0.437 e. The molecule has 2 aromatic heterocycles. The molecule has 0 radical (unpaired) electrons. The Morgan fingerprint density at radius 2 is 2.30 bits per heavy atom. The van der Waals surface area contributed by atoms with Gasteiger partial charge in [-0.3, -0.25) is 9.89 Å². The number of benzene rings is 1. The molecule has 6 heteroatoms. The van der Waals surface area contributed by atoms with Gasteiger partial charge in [0.1, 0.15) is 5.52 Å². The van der Waals surface area contributed by atoms with Gasteiger partial charge in [-0.25, -0.2) is 4.98 Å². The van der Waals surface area contributed by atoms with Gasteiger partial charge in [-0.15, -0.1) is 0 Å². The molecule has 0 unspecified atom stereocenters. The first-order chi connectivity index (χ1) is 9.81. The Morgan fingerprint density at radius 3 is 3.10 bits per heavy atom. The van der Waals surface area contributed by atoms with Crippen LogP contribution in [0.25, 0.3) is 17.2 Å². The van der Waals surface area contributed by atoms with E-state index in [1.165, 1.54) is 6.08 Å². The molecule has 0 aliphatic heterocycles. The molecule has 0 saturated heterocycles. The van der Waals surface area contributed by atoms with Crippen molar-refractivity contribution < 1.29 is 9.21 Å². The van der Waals surface area contributed by atoms with Gasteiger partial charge in [-0.1, -0.05) is 12.1 Å². The number of oxazole rings is 1. The van der Waals surface area contributed by atoms with Crippen LogP contribution >= 0.6 is 0 Å². The molecular formula is C14H12N4O2. The van der Waals surface area contributed by atoms with Gasteiger partial charge < -0.3 is 9.73 Å². The van der Waals surface area contributed by atoms with E-state index < -0.39 is 0 Å². The number of nitrogens with zero attached hydrogens (tertiary/aromatic N) is 2. The van der Waals surface area contributed by atoms with E-state index in [2.05, 4.69) is 20.5 Å². The highest BCUT2D eigenvalue weighted by Crippen LogP contribution is 2.15. The minimum Gasteiger partial charge on any atom is -0.437 e. The molecule has 0 bridgehead atoms. The number of aromatic amines is 1. The Morgan fingerprint density at radius 1 is 1.40 bits per heavy atom. The van der Waals surface area contributed by atoms with Crippen molar-refractivity contribution in [1.82, 2.24) is 20.5 Å². The summed E-state index contributed by atoms with van der Waals surface area (Å²) in [7, 11) is 0. The first-order valence-corrected chi connectivity index (χ1v) is 6.10. The number of para-hydroxylation sites is 2. The van der Waals surface area contributed by atoms with Gasteiger partial charge in [0.25, 0.3) is 0 Å². The van der Waals surface area contributed by atoms with Crippen LogP contribution in [0.5, 0.6) is 0 Å². The summed E-state index contributed by atoms with van der Waals surface area (Å²) in [4.78, 5) is 15.9. The highest BCUT2D eigenvalue weighted by atomic mass is 16.3. The van der Waals surface area contributed by atoms with E-state index in [0.717, 1.165) is 11.1 Å². The van der Waals surface area contributed by atoms with E-state index >= 15 is 0 Å². The Labute approximate surface area is 114 Å². The Balaban J connectivity index is 1.62. The van der Waals surface area contributed by atoms with E-state index in [1.807, 2.05) is 24.3 Å². The molecule has 1 aromatic carbocycles. The molecule has 1 amide bonds. The molecular weight excluding hydrogens is 256 g/mol. The van der Waals surface area contributed by atoms with Crippen LogP contribution in [0.1, 0.15) is 11.5 Å². The summed E-state index contributed by atoms with van der Waals surface area (Å²) in [5, 5.41) is 9.21. The third-order valence-electron chi connectivity index (χ3n) is 2.71. The molecule has 2 N–H and O–H groups in total. The smallest absolute Gasteiger partial charge is 0.244 e. The van der Waals surface area contributed by atoms with Gasteiger partial charge in [-0.05, 0) is 12.1 Å². The predicted molar refractivity (Wildman–Crippen MR) is 73.5 cm³/mol. The van der Waals surface area contributed by atoms with Crippen molar-refractivity contribution in [2.75, 3.05) is 0 Å². The molecule has 6 nitrogen and oxygen atoms in total. The van der Waals surface area contributed by atoms with Crippen LogP contribution in [0, 0.1) is 0 Å². The van der Waals surface area contributed by atoms with Gasteiger partial charge in [0.2, 0.25) is 11.8 Å². The summed E-state index contributed by atoms with van der Waals surface area (Å²) in [5.41, 5.74) is 2.38. The average molecular weight is 268 g/mol. The second-order valence-electron chi connectivity index (χ2n) is 4.18. The Kier molecular flexibility index (Phi) is 3.28. The fraction of sp³-hybridized carbons (Fsp3) is 0.0714. The summed E-state index contributed by atoms with van der Waals surface area (Å²) < 4.78 is 5.48. The number of carbonyl (C=O) groups is 1. The molecule has 0 fully saturated rings. The van der Waals surface area contributed by atoms with Crippen LogP contribution in [0.3, 0.4) is 0 Å². The van der Waals surface area contributed by atoms with Crippen LogP contribution < -0.4 is 5.32 Å². The molecule has 100 valence electrons. The number of fused-ring (bicyclic) bond motifs is 1. The maximum Gasteiger partial charge on any atom is 0.244 e. The molecule has 0 atom stereocenters. The standard InChI is InChI=1S/C14H12N4O2/c19-13(15-7-10-8-16-17-9-10)5-6-14-18-11-3-1-2-4-12(11)20-14/h1-6,8-9H,7H2,(H,15,19)(H,16,17)/b6-5+. The quantitative estimate of drug-likeness (QED) is 0.708. The molecule has 3 aromatic rings. The highest BCUT2D eigenvalue weighted by Gasteiger charge is 2.02. The minimum atomic E-state index is -0.214. The maximum atomic E-state index is 11.6. The number of amides is 1. The number of carbonyl (C=O) groups excluding carboxylic acids is 1. The molecule has 2 heterocycles. The van der Waals surface area contributed by atoms with Crippen LogP contribution in [-0.2, 0) is 11.3 Å². The fourth-order valence-electron chi connectivity index (χ4n) is 1.73. The summed E-state index contributed by atoms with van der Waals surface area (Å²) in [6.07, 6.45) is 6.32. The second-order valence-corrected chi connectivity index (χ2v) is 4.18. The van der Waals surface area contributed by atoms with Crippen molar-refractivity contribution in [2.24, 2.45) is 0 Å². The zero-order valence-corrected chi connectivity index (χ0v) is 10.5. The predicted octanol–water partition coefficient (Wildman–Crippen LogP) is 1.88. The van der Waals surface area contributed by atoms with Gasteiger partial charge in [0, 0.05) is 30.5 Å². The molecule has 0 aliphatic rings. The van der Waals surface area contributed by atoms with Crippen LogP contribution in [-0.4, -0.2) is 21.1 Å². The lowest BCUT2D eigenvalue weighted by molar-refractivity contribution is -0.116. The van der Waals surface area contributed by atoms with E-state index in [1.54, 1.807) is 18.5 Å². The summed E-state index contributed by atoms with van der Waals surface area (Å²) in [6, 6.07) is 7.45. The summed E-state index contributed by atoms with van der Waals surface area (Å²) in [5.74, 6) is 0.193. The van der Waals surface area contributed by atoms with E-state index in [-0.39, 0.29) is 5.91 Å². The number of rotatable bonds is 4. The number of nitrogens with one attached hydrogen (secondary N) is 2. The minimum absolute atomic E-state index is 0.214. The number of aromatic nitrogens is 3. The van der Waals surface area contributed by atoms with Crippen molar-refractivity contribution >= 4 is 23.1 Å². The van der Waals surface area contributed by atoms with Crippen molar-refractivity contribution in [2.45, 2.75) is 6.54 Å². The van der Waals surface area contributed by atoms with E-state index in [9.17, 15) is 4.79 Å². The zero-order valence-electron chi connectivity index (χ0n) is 10.5. The SMILES string of the molecule is O=C(/C=C/c1nc2ccccc2o1)NCc1cn[nH]c1. The molecule has 20 heavy (non-hydrogen) atoms. The average Bonchev–Trinajstić information content (AvgIpc) is 3.11. The lowest BCUT2D eigenvalue weighted by atomic mass is 10.3. The Hall–Kier alpha value is -2.89. The Bertz CT molecular complexity index is 710. The molecule has 0 aliphatic carbocycles. The third kappa shape index (κ3) is 2.74. The fourth-order valence-corrected chi connectivity index (χ4v) is 1.73. The highest BCUT2D eigenvalue weighted by molar-refractivity contribution is 5.91. The van der Waals surface area contributed by atoms with Crippen LogP contribution in [0.2, 0.25) is 0 Å². The lowest BCUT2D eigenvalue weighted by Crippen LogP contribution is -2.19. The van der Waals surface area contributed by atoms with Gasteiger partial charge >= 0.3 is 0 Å². The first-order valence-electron chi connectivity index (χ1n) is 6.10. The molecule has 3 rings (SSSR count). The van der Waals surface area contributed by atoms with Crippen LogP contribution in [0.4, 0.5) is 0 Å². The van der Waals surface area contributed by atoms with Crippen molar-refractivity contribution in [3.63, 3.8) is 0 Å².